The van der Waals surface area contributed by atoms with Crippen LogP contribution < -0.4 is 5.32 Å². The fourth-order valence-electron chi connectivity index (χ4n) is 2.79. The van der Waals surface area contributed by atoms with Crippen LogP contribution in [0, 0.1) is 11.8 Å². The molecule has 1 N–H and O–H groups in total. The molecule has 1 heterocycles. The number of piperidine rings is 1. The van der Waals surface area contributed by atoms with Crippen molar-refractivity contribution >= 4 is 5.91 Å². The van der Waals surface area contributed by atoms with Gasteiger partial charge in [-0.15, -0.1) is 0 Å². The van der Waals surface area contributed by atoms with E-state index in [1.807, 2.05) is 6.92 Å². The molecule has 2 rings (SSSR count). The van der Waals surface area contributed by atoms with E-state index in [4.69, 9.17) is 0 Å². The van der Waals surface area contributed by atoms with Crippen LogP contribution in [-0.2, 0) is 4.79 Å². The molecule has 3 heteroatoms. The monoisotopic (exact) mass is 224 g/mol. The van der Waals surface area contributed by atoms with Crippen LogP contribution in [0.2, 0.25) is 0 Å². The number of likely N-dealkylation sites (tertiary alicyclic amines) is 1. The van der Waals surface area contributed by atoms with Gasteiger partial charge < -0.3 is 10.2 Å². The topological polar surface area (TPSA) is 32.3 Å². The molecule has 0 radical (unpaired) electrons. The molecule has 3 atom stereocenters. The first-order valence-electron chi connectivity index (χ1n) is 6.61. The summed E-state index contributed by atoms with van der Waals surface area (Å²) in [6.45, 7) is 8.38. The lowest BCUT2D eigenvalue weighted by molar-refractivity contribution is -0.135. The van der Waals surface area contributed by atoms with Gasteiger partial charge in [0.25, 0.3) is 0 Å². The summed E-state index contributed by atoms with van der Waals surface area (Å²) in [5, 5.41) is 3.39. The fourth-order valence-corrected chi connectivity index (χ4v) is 2.79. The van der Waals surface area contributed by atoms with Crippen LogP contribution in [0.1, 0.15) is 40.0 Å². The first-order chi connectivity index (χ1) is 7.56. The van der Waals surface area contributed by atoms with Gasteiger partial charge in [0.15, 0.2) is 0 Å². The van der Waals surface area contributed by atoms with Gasteiger partial charge in [-0.1, -0.05) is 13.8 Å². The van der Waals surface area contributed by atoms with Crippen molar-refractivity contribution in [2.75, 3.05) is 13.1 Å². The normalized spacial score (nSPS) is 32.6. The maximum absolute atomic E-state index is 12.2. The number of nitrogens with one attached hydrogen (secondary N) is 1. The van der Waals surface area contributed by atoms with E-state index >= 15 is 0 Å². The maximum atomic E-state index is 12.2. The lowest BCUT2D eigenvalue weighted by Crippen LogP contribution is -2.50. The molecule has 1 saturated carbocycles. The summed E-state index contributed by atoms with van der Waals surface area (Å²) in [5.74, 6) is 1.60. The van der Waals surface area contributed by atoms with E-state index in [-0.39, 0.29) is 6.04 Å². The summed E-state index contributed by atoms with van der Waals surface area (Å²) < 4.78 is 0. The van der Waals surface area contributed by atoms with Crippen LogP contribution in [0.3, 0.4) is 0 Å². The molecule has 3 unspecified atom stereocenters. The maximum Gasteiger partial charge on any atom is 0.239 e. The number of carbonyl (C=O) groups excluding carboxylic acids is 1. The molecule has 0 spiro atoms. The van der Waals surface area contributed by atoms with Gasteiger partial charge in [0, 0.05) is 19.1 Å². The van der Waals surface area contributed by atoms with E-state index in [0.717, 1.165) is 13.1 Å². The zero-order valence-corrected chi connectivity index (χ0v) is 10.7. The summed E-state index contributed by atoms with van der Waals surface area (Å²) in [6.07, 6.45) is 3.74. The van der Waals surface area contributed by atoms with Crippen molar-refractivity contribution in [1.82, 2.24) is 10.2 Å². The fraction of sp³-hybridized carbons (Fsp3) is 0.923. The van der Waals surface area contributed by atoms with Gasteiger partial charge in [0.2, 0.25) is 5.91 Å². The molecule has 0 aromatic rings. The van der Waals surface area contributed by atoms with E-state index < -0.39 is 0 Å². The Morgan fingerprint density at radius 3 is 2.31 bits per heavy atom. The van der Waals surface area contributed by atoms with Crippen LogP contribution >= 0.6 is 0 Å². The zero-order valence-electron chi connectivity index (χ0n) is 10.7. The molecular formula is C13H24N2O. The minimum Gasteiger partial charge on any atom is -0.341 e. The quantitative estimate of drug-likeness (QED) is 0.790. The van der Waals surface area contributed by atoms with Crippen molar-refractivity contribution in [3.8, 4) is 0 Å². The predicted molar refractivity (Wildman–Crippen MR) is 65.1 cm³/mol. The average molecular weight is 224 g/mol. The third kappa shape index (κ3) is 2.97. The number of hydrogen-bond donors (Lipinski definition) is 1. The average Bonchev–Trinajstić information content (AvgIpc) is 2.99. The molecule has 0 aromatic carbocycles. The van der Waals surface area contributed by atoms with E-state index in [0.29, 0.717) is 23.8 Å². The molecule has 0 aromatic heterocycles. The second kappa shape index (κ2) is 4.74. The van der Waals surface area contributed by atoms with Gasteiger partial charge in [-0.3, -0.25) is 4.79 Å². The SMILES string of the molecule is CC1CC(C)CN(C(=O)C(C)NC2CC2)C1. The molecule has 1 aliphatic carbocycles. The van der Waals surface area contributed by atoms with Crippen LogP contribution in [0.15, 0.2) is 0 Å². The van der Waals surface area contributed by atoms with E-state index in [9.17, 15) is 4.79 Å². The predicted octanol–water partition coefficient (Wildman–Crippen LogP) is 1.63. The molecule has 0 bridgehead atoms. The van der Waals surface area contributed by atoms with Gasteiger partial charge in [-0.05, 0) is 38.0 Å². The summed E-state index contributed by atoms with van der Waals surface area (Å²) in [7, 11) is 0. The Hall–Kier alpha value is -0.570. The molecule has 2 aliphatic rings. The Morgan fingerprint density at radius 1 is 1.25 bits per heavy atom. The van der Waals surface area contributed by atoms with Crippen molar-refractivity contribution in [1.29, 1.82) is 0 Å². The highest BCUT2D eigenvalue weighted by molar-refractivity contribution is 5.81. The molecule has 1 saturated heterocycles. The Labute approximate surface area is 98.6 Å². The molecular weight excluding hydrogens is 200 g/mol. The number of hydrogen-bond acceptors (Lipinski definition) is 2. The standard InChI is InChI=1S/C13H24N2O/c1-9-6-10(2)8-15(7-9)13(16)11(3)14-12-4-5-12/h9-12,14H,4-8H2,1-3H3. The van der Waals surface area contributed by atoms with Crippen molar-refractivity contribution < 1.29 is 4.79 Å². The molecule has 92 valence electrons. The van der Waals surface area contributed by atoms with Crippen LogP contribution in [0.25, 0.3) is 0 Å². The highest BCUT2D eigenvalue weighted by Gasteiger charge is 2.31. The first-order valence-corrected chi connectivity index (χ1v) is 6.61. The number of nitrogens with zero attached hydrogens (tertiary/aromatic N) is 1. The highest BCUT2D eigenvalue weighted by Crippen LogP contribution is 2.23. The number of carbonyl (C=O) groups is 1. The van der Waals surface area contributed by atoms with Gasteiger partial charge in [0.1, 0.15) is 0 Å². The summed E-state index contributed by atoms with van der Waals surface area (Å²) in [6, 6.07) is 0.614. The summed E-state index contributed by atoms with van der Waals surface area (Å²) in [5.41, 5.74) is 0. The van der Waals surface area contributed by atoms with E-state index in [1.54, 1.807) is 0 Å². The minimum absolute atomic E-state index is 0.00463. The minimum atomic E-state index is 0.00463. The van der Waals surface area contributed by atoms with E-state index in [2.05, 4.69) is 24.1 Å². The van der Waals surface area contributed by atoms with Crippen molar-refractivity contribution in [3.05, 3.63) is 0 Å². The van der Waals surface area contributed by atoms with Gasteiger partial charge in [0.05, 0.1) is 6.04 Å². The van der Waals surface area contributed by atoms with Gasteiger partial charge in [-0.25, -0.2) is 0 Å². The highest BCUT2D eigenvalue weighted by atomic mass is 16.2. The van der Waals surface area contributed by atoms with Crippen LogP contribution in [0.4, 0.5) is 0 Å². The largest absolute Gasteiger partial charge is 0.341 e. The lowest BCUT2D eigenvalue weighted by Gasteiger charge is -2.36. The third-order valence-corrected chi connectivity index (χ3v) is 3.61. The molecule has 1 amide bonds. The molecule has 1 aliphatic heterocycles. The Kier molecular flexibility index (Phi) is 3.53. The summed E-state index contributed by atoms with van der Waals surface area (Å²) >= 11 is 0. The number of amides is 1. The number of rotatable bonds is 3. The van der Waals surface area contributed by atoms with Crippen LogP contribution in [-0.4, -0.2) is 36.0 Å². The van der Waals surface area contributed by atoms with Gasteiger partial charge in [-0.2, -0.15) is 0 Å². The second-order valence-corrected chi connectivity index (χ2v) is 5.85. The Morgan fingerprint density at radius 2 is 1.81 bits per heavy atom. The first kappa shape index (κ1) is 11.9. The van der Waals surface area contributed by atoms with Crippen molar-refractivity contribution in [3.63, 3.8) is 0 Å². The molecule has 16 heavy (non-hydrogen) atoms. The molecule has 3 nitrogen and oxygen atoms in total. The lowest BCUT2D eigenvalue weighted by atomic mass is 9.91. The molecule has 2 fully saturated rings. The summed E-state index contributed by atoms with van der Waals surface area (Å²) in [4.78, 5) is 14.3. The van der Waals surface area contributed by atoms with E-state index in [1.165, 1.54) is 19.3 Å². The Balaban J connectivity index is 1.86. The van der Waals surface area contributed by atoms with Crippen molar-refractivity contribution in [2.45, 2.75) is 52.1 Å². The second-order valence-electron chi connectivity index (χ2n) is 5.85. The third-order valence-electron chi connectivity index (χ3n) is 3.61. The Bertz CT molecular complexity index is 253. The van der Waals surface area contributed by atoms with Crippen LogP contribution in [0.5, 0.6) is 0 Å². The zero-order chi connectivity index (χ0) is 11.7. The van der Waals surface area contributed by atoms with Crippen molar-refractivity contribution in [2.24, 2.45) is 11.8 Å². The smallest absolute Gasteiger partial charge is 0.239 e. The van der Waals surface area contributed by atoms with Gasteiger partial charge >= 0.3 is 0 Å².